The van der Waals surface area contributed by atoms with Crippen LogP contribution in [0.3, 0.4) is 0 Å². The van der Waals surface area contributed by atoms with E-state index in [4.69, 9.17) is 22.3 Å². The van der Waals surface area contributed by atoms with Gasteiger partial charge in [0.25, 0.3) is 0 Å². The molecular formula is C25H33ClN4. The normalized spacial score (nSPS) is 19.1. The maximum Gasteiger partial charge on any atom is 0.0727 e. The van der Waals surface area contributed by atoms with Crippen LogP contribution in [0, 0.1) is 5.92 Å². The van der Waals surface area contributed by atoms with Crippen LogP contribution >= 0.6 is 11.6 Å². The third kappa shape index (κ3) is 4.08. The fourth-order valence-electron chi connectivity index (χ4n) is 4.76. The Hall–Kier alpha value is -2.04. The molecule has 1 aromatic carbocycles. The second kappa shape index (κ2) is 8.99. The van der Waals surface area contributed by atoms with E-state index in [1.165, 1.54) is 11.3 Å². The quantitative estimate of drug-likeness (QED) is 0.719. The van der Waals surface area contributed by atoms with Gasteiger partial charge in [0.1, 0.15) is 0 Å². The van der Waals surface area contributed by atoms with Crippen molar-refractivity contribution in [2.24, 2.45) is 11.7 Å². The molecule has 0 bridgehead atoms. The lowest BCUT2D eigenvalue weighted by Gasteiger charge is -2.39. The molecular weight excluding hydrogens is 392 g/mol. The third-order valence-corrected chi connectivity index (χ3v) is 7.13. The van der Waals surface area contributed by atoms with Crippen LogP contribution in [0.4, 0.5) is 0 Å². The maximum atomic E-state index is 6.81. The Balaban J connectivity index is 1.53. The minimum absolute atomic E-state index is 0.514. The molecule has 160 valence electrons. The van der Waals surface area contributed by atoms with Gasteiger partial charge >= 0.3 is 0 Å². The first-order chi connectivity index (χ1) is 14.5. The zero-order chi connectivity index (χ0) is 21.3. The molecule has 5 heteroatoms. The van der Waals surface area contributed by atoms with E-state index in [9.17, 15) is 0 Å². The van der Waals surface area contributed by atoms with Gasteiger partial charge in [-0.15, -0.1) is 0 Å². The lowest BCUT2D eigenvalue weighted by Crippen LogP contribution is -2.44. The Bertz CT molecular complexity index is 959. The molecule has 1 aromatic heterocycles. The summed E-state index contributed by atoms with van der Waals surface area (Å²) < 4.78 is 0. The predicted molar refractivity (Wildman–Crippen MR) is 128 cm³/mol. The summed E-state index contributed by atoms with van der Waals surface area (Å²) in [5, 5.41) is 1.89. The summed E-state index contributed by atoms with van der Waals surface area (Å²) >= 11 is 6.81. The summed E-state index contributed by atoms with van der Waals surface area (Å²) in [5.41, 5.74) is 12.7. The highest BCUT2D eigenvalue weighted by molar-refractivity contribution is 6.36. The monoisotopic (exact) mass is 424 g/mol. The average molecular weight is 425 g/mol. The van der Waals surface area contributed by atoms with Crippen molar-refractivity contribution in [3.05, 3.63) is 58.9 Å². The number of aryl methyl sites for hydroxylation is 1. The van der Waals surface area contributed by atoms with Gasteiger partial charge in [-0.05, 0) is 55.3 Å². The van der Waals surface area contributed by atoms with E-state index < -0.39 is 0 Å². The SMILES string of the molecule is C=C(CCC)N1CCN(C(=C)c2ccc3c(Cl)c4c(nc3c2)CCC(CN)C4)CC1. The van der Waals surface area contributed by atoms with Gasteiger partial charge < -0.3 is 15.5 Å². The molecule has 1 aliphatic heterocycles. The minimum Gasteiger partial charge on any atom is -0.372 e. The van der Waals surface area contributed by atoms with E-state index in [0.717, 1.165) is 91.2 Å². The lowest BCUT2D eigenvalue weighted by molar-refractivity contribution is 0.209. The second-order valence-electron chi connectivity index (χ2n) is 8.66. The first-order valence-corrected chi connectivity index (χ1v) is 11.6. The smallest absolute Gasteiger partial charge is 0.0727 e. The molecule has 0 amide bonds. The third-order valence-electron chi connectivity index (χ3n) is 6.70. The Morgan fingerprint density at radius 2 is 1.93 bits per heavy atom. The predicted octanol–water partition coefficient (Wildman–Crippen LogP) is 4.85. The number of rotatable bonds is 6. The molecule has 2 aromatic rings. The molecule has 30 heavy (non-hydrogen) atoms. The number of nitrogens with two attached hydrogens (primary N) is 1. The number of allylic oxidation sites excluding steroid dienone is 1. The van der Waals surface area contributed by atoms with Crippen molar-refractivity contribution in [1.29, 1.82) is 0 Å². The maximum absolute atomic E-state index is 6.81. The van der Waals surface area contributed by atoms with E-state index in [0.29, 0.717) is 12.5 Å². The standard InChI is InChI=1S/C25H33ClN4/c1-4-5-17(2)29-10-12-30(13-11-29)18(3)20-7-8-21-24(15-20)28-23-9-6-19(16-27)14-22(23)25(21)26/h7-8,15,19H,2-6,9-14,16,27H2,1H3. The molecule has 4 nitrogen and oxygen atoms in total. The minimum atomic E-state index is 0.514. The summed E-state index contributed by atoms with van der Waals surface area (Å²) in [7, 11) is 0. The first-order valence-electron chi connectivity index (χ1n) is 11.2. The van der Waals surface area contributed by atoms with Gasteiger partial charge in [-0.25, -0.2) is 0 Å². The van der Waals surface area contributed by atoms with Gasteiger partial charge in [-0.1, -0.05) is 50.2 Å². The number of aromatic nitrogens is 1. The zero-order valence-corrected chi connectivity index (χ0v) is 18.8. The molecule has 0 saturated carbocycles. The molecule has 2 N–H and O–H groups in total. The Kier molecular flexibility index (Phi) is 6.35. The molecule has 2 heterocycles. The number of nitrogens with zero attached hydrogens (tertiary/aromatic N) is 3. The number of hydrogen-bond acceptors (Lipinski definition) is 4. The van der Waals surface area contributed by atoms with Crippen molar-refractivity contribution in [3.63, 3.8) is 0 Å². The lowest BCUT2D eigenvalue weighted by atomic mass is 9.86. The zero-order valence-electron chi connectivity index (χ0n) is 18.1. The number of halogens is 1. The molecule has 2 aliphatic rings. The number of hydrogen-bond donors (Lipinski definition) is 1. The van der Waals surface area contributed by atoms with Crippen molar-refractivity contribution in [2.75, 3.05) is 32.7 Å². The molecule has 1 fully saturated rings. The van der Waals surface area contributed by atoms with Crippen molar-refractivity contribution < 1.29 is 0 Å². The van der Waals surface area contributed by atoms with E-state index in [1.807, 2.05) is 0 Å². The number of piperazine rings is 1. The van der Waals surface area contributed by atoms with Gasteiger partial charge in [0.05, 0.1) is 10.5 Å². The molecule has 1 atom stereocenters. The van der Waals surface area contributed by atoms with E-state index in [-0.39, 0.29) is 0 Å². The highest BCUT2D eigenvalue weighted by atomic mass is 35.5. The van der Waals surface area contributed by atoms with E-state index in [2.05, 4.69) is 48.1 Å². The van der Waals surface area contributed by atoms with Crippen LogP contribution in [0.2, 0.25) is 5.02 Å². The Labute approximate surface area is 185 Å². The summed E-state index contributed by atoms with van der Waals surface area (Å²) in [6, 6.07) is 6.40. The van der Waals surface area contributed by atoms with Crippen molar-refractivity contribution in [1.82, 2.24) is 14.8 Å². The largest absolute Gasteiger partial charge is 0.372 e. The van der Waals surface area contributed by atoms with Crippen molar-refractivity contribution in [3.8, 4) is 0 Å². The summed E-state index contributed by atoms with van der Waals surface area (Å²) in [4.78, 5) is 9.77. The fourth-order valence-corrected chi connectivity index (χ4v) is 5.11. The number of benzene rings is 1. The van der Waals surface area contributed by atoms with Crippen LogP contribution in [-0.4, -0.2) is 47.5 Å². The molecule has 0 spiro atoms. The fraction of sp³-hybridized carbons (Fsp3) is 0.480. The van der Waals surface area contributed by atoms with Gasteiger partial charge in [0, 0.05) is 48.7 Å². The van der Waals surface area contributed by atoms with Crippen LogP contribution in [-0.2, 0) is 12.8 Å². The van der Waals surface area contributed by atoms with Crippen LogP contribution < -0.4 is 5.73 Å². The highest BCUT2D eigenvalue weighted by Crippen LogP contribution is 2.35. The van der Waals surface area contributed by atoms with E-state index >= 15 is 0 Å². The Morgan fingerprint density at radius 1 is 1.20 bits per heavy atom. The van der Waals surface area contributed by atoms with Crippen LogP contribution in [0.5, 0.6) is 0 Å². The second-order valence-corrected chi connectivity index (χ2v) is 9.04. The van der Waals surface area contributed by atoms with Gasteiger partial charge in [-0.2, -0.15) is 0 Å². The molecule has 1 saturated heterocycles. The van der Waals surface area contributed by atoms with Crippen molar-refractivity contribution >= 4 is 28.2 Å². The van der Waals surface area contributed by atoms with Gasteiger partial charge in [-0.3, -0.25) is 4.98 Å². The highest BCUT2D eigenvalue weighted by Gasteiger charge is 2.24. The summed E-state index contributed by atoms with van der Waals surface area (Å²) in [6.07, 6.45) is 5.22. The molecule has 0 radical (unpaired) electrons. The van der Waals surface area contributed by atoms with Crippen molar-refractivity contribution in [2.45, 2.75) is 39.0 Å². The van der Waals surface area contributed by atoms with E-state index in [1.54, 1.807) is 0 Å². The number of pyridine rings is 1. The molecule has 4 rings (SSSR count). The van der Waals surface area contributed by atoms with Crippen LogP contribution in [0.25, 0.3) is 16.6 Å². The average Bonchev–Trinajstić information content (AvgIpc) is 2.78. The summed E-state index contributed by atoms with van der Waals surface area (Å²) in [6.45, 7) is 15.5. The molecule has 1 unspecified atom stereocenters. The van der Waals surface area contributed by atoms with Gasteiger partial charge in [0.15, 0.2) is 0 Å². The summed E-state index contributed by atoms with van der Waals surface area (Å²) in [5.74, 6) is 0.514. The first kappa shape index (κ1) is 21.2. The Morgan fingerprint density at radius 3 is 2.63 bits per heavy atom. The van der Waals surface area contributed by atoms with Gasteiger partial charge in [0.2, 0.25) is 0 Å². The van der Waals surface area contributed by atoms with Crippen LogP contribution in [0.1, 0.15) is 43.0 Å². The number of fused-ring (bicyclic) bond motifs is 2. The topological polar surface area (TPSA) is 45.4 Å². The van der Waals surface area contributed by atoms with Crippen LogP contribution in [0.15, 0.2) is 37.1 Å². The molecule has 1 aliphatic carbocycles.